The van der Waals surface area contributed by atoms with Crippen molar-refractivity contribution in [1.82, 2.24) is 14.9 Å². The van der Waals surface area contributed by atoms with Crippen LogP contribution in [-0.4, -0.2) is 22.0 Å². The van der Waals surface area contributed by atoms with Crippen molar-refractivity contribution >= 4 is 16.8 Å². The van der Waals surface area contributed by atoms with Crippen LogP contribution in [0.5, 0.6) is 0 Å². The first kappa shape index (κ1) is 12.8. The highest BCUT2D eigenvalue weighted by molar-refractivity contribution is 5.81. The Morgan fingerprint density at radius 1 is 1.53 bits per heavy atom. The second-order valence-electron chi connectivity index (χ2n) is 4.13. The molecule has 1 N–H and O–H groups in total. The van der Waals surface area contributed by atoms with Gasteiger partial charge in [-0.15, -0.1) is 6.42 Å². The van der Waals surface area contributed by atoms with Gasteiger partial charge < -0.3 is 5.32 Å². The number of rotatable bonds is 3. The molecule has 0 saturated heterocycles. The second kappa shape index (κ2) is 5.36. The zero-order valence-corrected chi connectivity index (χ0v) is 10.5. The van der Waals surface area contributed by atoms with Crippen molar-refractivity contribution in [2.24, 2.45) is 0 Å². The summed E-state index contributed by atoms with van der Waals surface area (Å²) >= 11 is 0. The fourth-order valence-electron chi connectivity index (χ4n) is 1.81. The number of aromatic nitrogens is 2. The van der Waals surface area contributed by atoms with Gasteiger partial charge in [-0.2, -0.15) is 0 Å². The first-order valence-corrected chi connectivity index (χ1v) is 5.78. The summed E-state index contributed by atoms with van der Waals surface area (Å²) in [5.74, 6) is 1.99. The van der Waals surface area contributed by atoms with Gasteiger partial charge >= 0.3 is 0 Å². The summed E-state index contributed by atoms with van der Waals surface area (Å²) in [5, 5.41) is 3.01. The topological polar surface area (TPSA) is 64.0 Å². The van der Waals surface area contributed by atoms with Crippen molar-refractivity contribution in [3.63, 3.8) is 0 Å². The van der Waals surface area contributed by atoms with Crippen LogP contribution in [0.25, 0.3) is 10.9 Å². The molecular weight excluding hydrogens is 242 g/mol. The van der Waals surface area contributed by atoms with Gasteiger partial charge in [0.15, 0.2) is 0 Å². The lowest BCUT2D eigenvalue weighted by Crippen LogP contribution is -2.32. The number of nitrogens with zero attached hydrogens (tertiary/aromatic N) is 2. The van der Waals surface area contributed by atoms with E-state index >= 15 is 0 Å². The molecule has 0 unspecified atom stereocenters. The van der Waals surface area contributed by atoms with Gasteiger partial charge in [-0.25, -0.2) is 4.98 Å². The zero-order chi connectivity index (χ0) is 13.8. The molecule has 19 heavy (non-hydrogen) atoms. The molecule has 0 atom stereocenters. The van der Waals surface area contributed by atoms with E-state index in [0.29, 0.717) is 10.9 Å². The van der Waals surface area contributed by atoms with E-state index in [1.165, 1.54) is 10.9 Å². The molecule has 0 aliphatic rings. The number of fused-ring (bicyclic) bond motifs is 1. The van der Waals surface area contributed by atoms with Crippen molar-refractivity contribution in [2.45, 2.75) is 13.5 Å². The molecule has 5 nitrogen and oxygen atoms in total. The minimum absolute atomic E-state index is 0.0859. The number of aryl methyl sites for hydroxylation is 1. The molecule has 0 spiro atoms. The molecule has 0 aliphatic carbocycles. The smallest absolute Gasteiger partial charge is 0.261 e. The number of nitrogens with one attached hydrogen (secondary N) is 1. The predicted octanol–water partition coefficient (Wildman–Crippen LogP) is 0.454. The third kappa shape index (κ3) is 2.63. The Morgan fingerprint density at radius 2 is 2.32 bits per heavy atom. The van der Waals surface area contributed by atoms with Gasteiger partial charge in [0.05, 0.1) is 23.8 Å². The molecule has 5 heteroatoms. The van der Waals surface area contributed by atoms with Crippen molar-refractivity contribution in [2.75, 3.05) is 6.54 Å². The number of carbonyl (C=O) groups excluding carboxylic acids is 1. The van der Waals surface area contributed by atoms with Crippen LogP contribution in [0.3, 0.4) is 0 Å². The van der Waals surface area contributed by atoms with Crippen LogP contribution in [0, 0.1) is 19.3 Å². The molecular formula is C14H13N3O2. The van der Waals surface area contributed by atoms with Crippen LogP contribution in [0.4, 0.5) is 0 Å². The van der Waals surface area contributed by atoms with Crippen molar-refractivity contribution in [3.8, 4) is 12.3 Å². The summed E-state index contributed by atoms with van der Waals surface area (Å²) in [4.78, 5) is 27.9. The lowest BCUT2D eigenvalue weighted by molar-refractivity contribution is -0.121. The molecule has 0 bridgehead atoms. The molecule has 0 aliphatic heterocycles. The van der Waals surface area contributed by atoms with Crippen molar-refractivity contribution in [3.05, 3.63) is 40.4 Å². The number of para-hydroxylation sites is 1. The second-order valence-corrected chi connectivity index (χ2v) is 4.13. The highest BCUT2D eigenvalue weighted by Crippen LogP contribution is 2.10. The quantitative estimate of drug-likeness (QED) is 0.810. The number of hydrogen-bond acceptors (Lipinski definition) is 3. The number of hydrogen-bond donors (Lipinski definition) is 1. The lowest BCUT2D eigenvalue weighted by atomic mass is 10.1. The fraction of sp³-hybridized carbons (Fsp3) is 0.214. The van der Waals surface area contributed by atoms with Crippen LogP contribution >= 0.6 is 0 Å². The Balaban J connectivity index is 2.36. The predicted molar refractivity (Wildman–Crippen MR) is 72.6 cm³/mol. The van der Waals surface area contributed by atoms with Crippen LogP contribution in [0.1, 0.15) is 5.56 Å². The Labute approximate surface area is 110 Å². The zero-order valence-electron chi connectivity index (χ0n) is 10.5. The third-order valence-corrected chi connectivity index (χ3v) is 2.76. The van der Waals surface area contributed by atoms with Crippen LogP contribution in [0.2, 0.25) is 0 Å². The summed E-state index contributed by atoms with van der Waals surface area (Å²) < 4.78 is 1.27. The molecule has 0 fully saturated rings. The monoisotopic (exact) mass is 255 g/mol. The standard InChI is InChI=1S/C14H13N3O2/c1-3-7-15-12(18)8-17-9-16-13-10(2)5-4-6-11(13)14(17)19/h1,4-6,9H,7-8H2,2H3,(H,15,18). The minimum Gasteiger partial charge on any atom is -0.344 e. The van der Waals surface area contributed by atoms with E-state index in [1.807, 2.05) is 13.0 Å². The summed E-state index contributed by atoms with van der Waals surface area (Å²) in [7, 11) is 0. The summed E-state index contributed by atoms with van der Waals surface area (Å²) in [6.07, 6.45) is 6.43. The lowest BCUT2D eigenvalue weighted by Gasteiger charge is -2.07. The van der Waals surface area contributed by atoms with Crippen LogP contribution in [0.15, 0.2) is 29.3 Å². The molecule has 2 aromatic rings. The third-order valence-electron chi connectivity index (χ3n) is 2.76. The van der Waals surface area contributed by atoms with E-state index in [4.69, 9.17) is 6.42 Å². The molecule has 1 aromatic carbocycles. The fourth-order valence-corrected chi connectivity index (χ4v) is 1.81. The highest BCUT2D eigenvalue weighted by atomic mass is 16.2. The Bertz CT molecular complexity index is 726. The maximum absolute atomic E-state index is 12.2. The van der Waals surface area contributed by atoms with Gasteiger partial charge in [0.25, 0.3) is 5.56 Å². The van der Waals surface area contributed by atoms with Crippen LogP contribution < -0.4 is 10.9 Å². The van der Waals surface area contributed by atoms with E-state index in [9.17, 15) is 9.59 Å². The van der Waals surface area contributed by atoms with E-state index in [-0.39, 0.29) is 24.6 Å². The minimum atomic E-state index is -0.311. The molecule has 1 heterocycles. The van der Waals surface area contributed by atoms with E-state index in [2.05, 4.69) is 16.2 Å². The van der Waals surface area contributed by atoms with Gasteiger partial charge in [0, 0.05) is 0 Å². The molecule has 1 amide bonds. The van der Waals surface area contributed by atoms with Crippen LogP contribution in [-0.2, 0) is 11.3 Å². The van der Waals surface area contributed by atoms with E-state index < -0.39 is 0 Å². The van der Waals surface area contributed by atoms with E-state index in [1.54, 1.807) is 12.1 Å². The first-order chi connectivity index (χ1) is 9.13. The highest BCUT2D eigenvalue weighted by Gasteiger charge is 2.08. The molecule has 0 radical (unpaired) electrons. The number of terminal acetylenes is 1. The van der Waals surface area contributed by atoms with Gasteiger partial charge in [-0.05, 0) is 18.6 Å². The van der Waals surface area contributed by atoms with E-state index in [0.717, 1.165) is 5.56 Å². The Kier molecular flexibility index (Phi) is 3.62. The van der Waals surface area contributed by atoms with Crippen molar-refractivity contribution < 1.29 is 4.79 Å². The van der Waals surface area contributed by atoms with Gasteiger partial charge in [0.2, 0.25) is 5.91 Å². The first-order valence-electron chi connectivity index (χ1n) is 5.78. The summed E-state index contributed by atoms with van der Waals surface area (Å²) in [6, 6.07) is 5.38. The maximum atomic E-state index is 12.2. The molecule has 1 aromatic heterocycles. The number of carbonyl (C=O) groups is 1. The average molecular weight is 255 g/mol. The van der Waals surface area contributed by atoms with Crippen molar-refractivity contribution in [1.29, 1.82) is 0 Å². The Hall–Kier alpha value is -2.61. The van der Waals surface area contributed by atoms with Gasteiger partial charge in [-0.3, -0.25) is 14.2 Å². The summed E-state index contributed by atoms with van der Waals surface area (Å²) in [5.41, 5.74) is 1.36. The largest absolute Gasteiger partial charge is 0.344 e. The van der Waals surface area contributed by atoms with Gasteiger partial charge in [-0.1, -0.05) is 18.1 Å². The molecule has 0 saturated carbocycles. The number of amides is 1. The summed E-state index contributed by atoms with van der Waals surface area (Å²) in [6.45, 7) is 1.95. The maximum Gasteiger partial charge on any atom is 0.261 e. The normalized spacial score (nSPS) is 10.1. The SMILES string of the molecule is C#CCNC(=O)Cn1cnc2c(C)cccc2c1=O. The average Bonchev–Trinajstić information content (AvgIpc) is 2.40. The molecule has 96 valence electrons. The molecule has 2 rings (SSSR count). The van der Waals surface area contributed by atoms with Gasteiger partial charge in [0.1, 0.15) is 6.54 Å². The number of benzene rings is 1. The Morgan fingerprint density at radius 3 is 3.05 bits per heavy atom.